The van der Waals surface area contributed by atoms with Crippen molar-refractivity contribution < 1.29 is 28.8 Å². The van der Waals surface area contributed by atoms with E-state index in [9.17, 15) is 19.2 Å². The second-order valence-electron chi connectivity index (χ2n) is 10.3. The van der Waals surface area contributed by atoms with E-state index in [1.807, 2.05) is 46.8 Å². The number of imide groups is 1. The second kappa shape index (κ2) is 6.21. The number of carbonyl (C=O) groups is 4. The Morgan fingerprint density at radius 1 is 1.09 bits per heavy atom. The Hall–Kier alpha value is -2.68. The molecule has 2 aliphatic heterocycles. The van der Waals surface area contributed by atoms with Gasteiger partial charge in [0.1, 0.15) is 24.3 Å². The van der Waals surface area contributed by atoms with Crippen molar-refractivity contribution in [3.8, 4) is 0 Å². The largest absolute Gasteiger partial charge is 0.464 e. The second-order valence-corrected chi connectivity index (χ2v) is 10.3. The van der Waals surface area contributed by atoms with Gasteiger partial charge in [0.15, 0.2) is 0 Å². The number of ether oxygens (including phenoxy) is 1. The van der Waals surface area contributed by atoms with Gasteiger partial charge in [-0.2, -0.15) is 5.06 Å². The first-order valence-corrected chi connectivity index (χ1v) is 11.0. The molecule has 5 aliphatic rings. The summed E-state index contributed by atoms with van der Waals surface area (Å²) in [5.41, 5.74) is 4.85. The molecule has 1 saturated carbocycles. The van der Waals surface area contributed by atoms with Crippen molar-refractivity contribution in [3.05, 3.63) is 23.3 Å². The van der Waals surface area contributed by atoms with Crippen LogP contribution in [0.15, 0.2) is 23.3 Å². The average molecular weight is 444 g/mol. The molecule has 3 fully saturated rings. The normalized spacial score (nSPS) is 43.7. The van der Waals surface area contributed by atoms with Gasteiger partial charge in [-0.05, 0) is 57.1 Å². The van der Waals surface area contributed by atoms with Crippen molar-refractivity contribution in [2.24, 2.45) is 34.8 Å². The smallest absolute Gasteiger partial charge is 0.339 e. The van der Waals surface area contributed by atoms with Crippen LogP contribution >= 0.6 is 0 Å². The van der Waals surface area contributed by atoms with Gasteiger partial charge in [0.05, 0.1) is 17.3 Å². The zero-order chi connectivity index (χ0) is 23.4. The molecule has 7 atom stereocenters. The Morgan fingerprint density at radius 2 is 1.66 bits per heavy atom. The van der Waals surface area contributed by atoms with Gasteiger partial charge in [-0.15, -0.1) is 0 Å². The summed E-state index contributed by atoms with van der Waals surface area (Å²) in [6.45, 7) is 8.98. The molecule has 2 heterocycles. The Bertz CT molecular complexity index is 1000. The third kappa shape index (κ3) is 2.17. The van der Waals surface area contributed by atoms with Gasteiger partial charge in [-0.1, -0.05) is 19.1 Å². The fourth-order valence-electron chi connectivity index (χ4n) is 6.90. The van der Waals surface area contributed by atoms with Gasteiger partial charge in [-0.3, -0.25) is 24.1 Å². The number of primary amides is 1. The first-order valence-electron chi connectivity index (χ1n) is 11.0. The van der Waals surface area contributed by atoms with Crippen LogP contribution in [0, 0.1) is 29.1 Å². The Balaban J connectivity index is 1.31. The molecular weight excluding hydrogens is 414 g/mol. The number of esters is 1. The molecule has 4 bridgehead atoms. The summed E-state index contributed by atoms with van der Waals surface area (Å²) in [5, 5.41) is 1.17. The zero-order valence-electron chi connectivity index (χ0n) is 19.0. The minimum absolute atomic E-state index is 0.0623. The molecule has 4 amide bonds. The molecule has 172 valence electrons. The molecule has 9 heteroatoms. The number of urea groups is 1. The molecule has 5 rings (SSSR count). The first-order chi connectivity index (χ1) is 14.9. The summed E-state index contributed by atoms with van der Waals surface area (Å²) in [7, 11) is 0. The number of hydrogen-bond acceptors (Lipinski definition) is 6. The molecular formula is C23H29N3O6. The predicted molar refractivity (Wildman–Crippen MR) is 111 cm³/mol. The molecule has 0 aromatic heterocycles. The zero-order valence-corrected chi connectivity index (χ0v) is 19.0. The average Bonchev–Trinajstić information content (AvgIpc) is 3.47. The summed E-state index contributed by atoms with van der Waals surface area (Å²) in [5.74, 6) is -1.74. The number of nitrogens with two attached hydrogens (primary N) is 1. The number of rotatable bonds is 4. The number of likely N-dealkylation sites (tertiary alicyclic amines) is 1. The van der Waals surface area contributed by atoms with Crippen molar-refractivity contribution in [3.63, 3.8) is 0 Å². The van der Waals surface area contributed by atoms with Gasteiger partial charge in [0.25, 0.3) is 0 Å². The lowest BCUT2D eigenvalue weighted by molar-refractivity contribution is -0.173. The predicted octanol–water partition coefficient (Wildman–Crippen LogP) is 1.54. The van der Waals surface area contributed by atoms with E-state index in [2.05, 4.69) is 0 Å². The highest BCUT2D eigenvalue weighted by atomic mass is 16.7. The van der Waals surface area contributed by atoms with Crippen LogP contribution in [0.25, 0.3) is 0 Å². The molecule has 0 spiro atoms. The van der Waals surface area contributed by atoms with Crippen LogP contribution < -0.4 is 5.73 Å². The number of amides is 4. The molecule has 0 aromatic rings. The molecule has 0 radical (unpaired) electrons. The SMILES string of the molecule is CC1=C(C)[C@@]2(C)N(C(N)=O)O[C@]1(C)[C@]2(C)COC(=O)CN1C(=O)[C@@H]2[C@H](C1=O)[C@H]1C=C[C@@H]2C1. The Morgan fingerprint density at radius 3 is 2.19 bits per heavy atom. The molecule has 3 aliphatic carbocycles. The fourth-order valence-corrected chi connectivity index (χ4v) is 6.90. The van der Waals surface area contributed by atoms with Gasteiger partial charge in [0, 0.05) is 0 Å². The number of hydroxylamine groups is 2. The van der Waals surface area contributed by atoms with Crippen LogP contribution in [0.5, 0.6) is 0 Å². The Kier molecular flexibility index (Phi) is 4.11. The third-order valence-corrected chi connectivity index (χ3v) is 9.39. The van der Waals surface area contributed by atoms with Crippen molar-refractivity contribution in [1.29, 1.82) is 0 Å². The molecule has 2 saturated heterocycles. The lowest BCUT2D eigenvalue weighted by Gasteiger charge is -2.41. The molecule has 0 unspecified atom stereocenters. The van der Waals surface area contributed by atoms with Gasteiger partial charge in [-0.25, -0.2) is 4.79 Å². The summed E-state index contributed by atoms with van der Waals surface area (Å²) < 4.78 is 5.63. The first kappa shape index (κ1) is 21.2. The Labute approximate surface area is 186 Å². The molecule has 32 heavy (non-hydrogen) atoms. The van der Waals surface area contributed by atoms with Crippen LogP contribution in [0.4, 0.5) is 4.79 Å². The number of nitrogens with zero attached hydrogens (tertiary/aromatic N) is 2. The highest BCUT2D eigenvalue weighted by molar-refractivity contribution is 6.08. The van der Waals surface area contributed by atoms with E-state index in [0.717, 1.165) is 22.5 Å². The van der Waals surface area contributed by atoms with Crippen molar-refractivity contribution in [2.45, 2.75) is 52.2 Å². The minimum atomic E-state index is -0.904. The highest BCUT2D eigenvalue weighted by Gasteiger charge is 2.74. The summed E-state index contributed by atoms with van der Waals surface area (Å²) in [6.07, 6.45) is 4.86. The maximum atomic E-state index is 12.8. The summed E-state index contributed by atoms with van der Waals surface area (Å²) in [4.78, 5) is 57.6. The van der Waals surface area contributed by atoms with Crippen molar-refractivity contribution in [2.75, 3.05) is 13.2 Å². The minimum Gasteiger partial charge on any atom is -0.464 e. The van der Waals surface area contributed by atoms with Crippen LogP contribution in [0.2, 0.25) is 0 Å². The lowest BCUT2D eigenvalue weighted by atomic mass is 9.66. The standard InChI is InChI=1S/C23H29N3O6/c1-11-12(2)23(5)21(3,22(11,4)26(32-23)20(24)30)10-31-15(27)9-25-18(28)16-13-6-7-14(8-13)17(16)19(25)29/h6-7,13-14,16-17H,8-10H2,1-5H3,(H2,24,30)/t13-,14+,16+,17-,21-,22-,23+/m1/s1. The van der Waals surface area contributed by atoms with Crippen LogP contribution in [0.3, 0.4) is 0 Å². The van der Waals surface area contributed by atoms with E-state index in [-0.39, 0.29) is 42.1 Å². The number of fused-ring (bicyclic) bond motifs is 7. The number of allylic oxidation sites excluding steroid dienone is 2. The van der Waals surface area contributed by atoms with Crippen LogP contribution in [-0.2, 0) is 24.0 Å². The van der Waals surface area contributed by atoms with Gasteiger partial charge >= 0.3 is 12.0 Å². The van der Waals surface area contributed by atoms with Gasteiger partial charge < -0.3 is 10.5 Å². The monoisotopic (exact) mass is 443 g/mol. The maximum Gasteiger partial charge on any atom is 0.339 e. The van der Waals surface area contributed by atoms with Crippen molar-refractivity contribution in [1.82, 2.24) is 9.96 Å². The maximum absolute atomic E-state index is 12.8. The van der Waals surface area contributed by atoms with E-state index in [4.69, 9.17) is 15.3 Å². The lowest BCUT2D eigenvalue weighted by Crippen LogP contribution is -2.56. The fraction of sp³-hybridized carbons (Fsp3) is 0.652. The topological polar surface area (TPSA) is 119 Å². The molecule has 2 N–H and O–H groups in total. The molecule has 9 nitrogen and oxygen atoms in total. The number of carbonyl (C=O) groups excluding carboxylic acids is 4. The van der Waals surface area contributed by atoms with E-state index in [1.165, 1.54) is 5.06 Å². The van der Waals surface area contributed by atoms with Gasteiger partial charge in [0.2, 0.25) is 11.8 Å². The highest BCUT2D eigenvalue weighted by Crippen LogP contribution is 2.65. The van der Waals surface area contributed by atoms with E-state index in [1.54, 1.807) is 0 Å². The van der Waals surface area contributed by atoms with Crippen LogP contribution in [-0.4, -0.2) is 58.1 Å². The summed E-state index contributed by atoms with van der Waals surface area (Å²) in [6, 6.07) is -0.719. The summed E-state index contributed by atoms with van der Waals surface area (Å²) >= 11 is 0. The number of hydrogen-bond donors (Lipinski definition) is 1. The van der Waals surface area contributed by atoms with Crippen molar-refractivity contribution >= 4 is 23.8 Å². The third-order valence-electron chi connectivity index (χ3n) is 9.39. The van der Waals surface area contributed by atoms with E-state index < -0.39 is 35.1 Å². The quantitative estimate of drug-likeness (QED) is 0.400. The van der Waals surface area contributed by atoms with E-state index in [0.29, 0.717) is 0 Å². The van der Waals surface area contributed by atoms with Crippen LogP contribution in [0.1, 0.15) is 41.0 Å². The molecule has 0 aromatic carbocycles. The van der Waals surface area contributed by atoms with E-state index >= 15 is 0 Å².